The molecule has 1 saturated carbocycles. The maximum atomic E-state index is 13.2. The van der Waals surface area contributed by atoms with Gasteiger partial charge in [0.15, 0.2) is 0 Å². The second-order valence-corrected chi connectivity index (χ2v) is 9.70. The predicted molar refractivity (Wildman–Crippen MR) is 120 cm³/mol. The summed E-state index contributed by atoms with van der Waals surface area (Å²) in [5.74, 6) is 0.0614. The number of hydrogen-bond acceptors (Lipinski definition) is 4. The van der Waals surface area contributed by atoms with Crippen LogP contribution in [0.4, 0.5) is 0 Å². The summed E-state index contributed by atoms with van der Waals surface area (Å²) >= 11 is 1.49. The average Bonchev–Trinajstić information content (AvgIpc) is 3.14. The number of aromatic nitrogens is 1. The van der Waals surface area contributed by atoms with Crippen LogP contribution in [0.1, 0.15) is 70.9 Å². The topological polar surface area (TPSA) is 62.3 Å². The van der Waals surface area contributed by atoms with E-state index >= 15 is 0 Å². The third-order valence-corrected chi connectivity index (χ3v) is 7.41. The Morgan fingerprint density at radius 2 is 1.87 bits per heavy atom. The first-order valence-electron chi connectivity index (χ1n) is 11.2. The van der Waals surface area contributed by atoms with Crippen LogP contribution in [0, 0.1) is 12.8 Å². The molecule has 2 aromatic rings. The van der Waals surface area contributed by atoms with E-state index in [-0.39, 0.29) is 17.7 Å². The molecule has 1 atom stereocenters. The Kier molecular flexibility index (Phi) is 6.82. The van der Waals surface area contributed by atoms with E-state index in [1.54, 1.807) is 0 Å². The highest BCUT2D eigenvalue weighted by Gasteiger charge is 2.31. The molecule has 2 heterocycles. The van der Waals surface area contributed by atoms with Crippen LogP contribution in [0.5, 0.6) is 0 Å². The molecule has 1 saturated heterocycles. The quantitative estimate of drug-likeness (QED) is 0.775. The number of piperidine rings is 1. The van der Waals surface area contributed by atoms with E-state index in [0.29, 0.717) is 17.5 Å². The molecule has 2 amide bonds. The van der Waals surface area contributed by atoms with Crippen molar-refractivity contribution >= 4 is 23.2 Å². The summed E-state index contributed by atoms with van der Waals surface area (Å²) in [4.78, 5) is 33.2. The molecule has 1 aromatic heterocycles. The SMILES string of the molecule is Cc1nc(Cc2ccccc2)sc1C(=O)N1CCCC(C(=O)NC2CCCCC2)C1. The molecule has 30 heavy (non-hydrogen) atoms. The van der Waals surface area contributed by atoms with Crippen LogP contribution >= 0.6 is 11.3 Å². The summed E-state index contributed by atoms with van der Waals surface area (Å²) in [6.45, 7) is 3.15. The van der Waals surface area contributed by atoms with Crippen molar-refractivity contribution in [1.82, 2.24) is 15.2 Å². The highest BCUT2D eigenvalue weighted by molar-refractivity contribution is 7.13. The van der Waals surface area contributed by atoms with Gasteiger partial charge in [-0.3, -0.25) is 9.59 Å². The Balaban J connectivity index is 1.38. The molecule has 4 rings (SSSR count). The number of benzene rings is 1. The molecule has 1 aliphatic carbocycles. The van der Waals surface area contributed by atoms with Crippen molar-refractivity contribution in [3.05, 3.63) is 51.5 Å². The van der Waals surface area contributed by atoms with Gasteiger partial charge in [0.1, 0.15) is 4.88 Å². The first-order chi connectivity index (χ1) is 14.6. The zero-order valence-electron chi connectivity index (χ0n) is 17.7. The van der Waals surface area contributed by atoms with Crippen molar-refractivity contribution in [1.29, 1.82) is 0 Å². The average molecular weight is 426 g/mol. The Morgan fingerprint density at radius 1 is 1.10 bits per heavy atom. The van der Waals surface area contributed by atoms with Crippen molar-refractivity contribution in [2.45, 2.75) is 64.3 Å². The van der Waals surface area contributed by atoms with Gasteiger partial charge in [-0.15, -0.1) is 11.3 Å². The zero-order valence-corrected chi connectivity index (χ0v) is 18.5. The summed E-state index contributed by atoms with van der Waals surface area (Å²) < 4.78 is 0. The Labute approximate surface area is 182 Å². The van der Waals surface area contributed by atoms with Gasteiger partial charge in [-0.1, -0.05) is 49.6 Å². The van der Waals surface area contributed by atoms with Crippen LogP contribution in [0.2, 0.25) is 0 Å². The van der Waals surface area contributed by atoms with E-state index in [2.05, 4.69) is 22.4 Å². The first-order valence-corrected chi connectivity index (χ1v) is 12.0. The van der Waals surface area contributed by atoms with Crippen molar-refractivity contribution in [3.63, 3.8) is 0 Å². The molecule has 6 heteroatoms. The maximum absolute atomic E-state index is 13.2. The lowest BCUT2D eigenvalue weighted by molar-refractivity contribution is -0.127. The van der Waals surface area contributed by atoms with Gasteiger partial charge >= 0.3 is 0 Å². The highest BCUT2D eigenvalue weighted by Crippen LogP contribution is 2.26. The lowest BCUT2D eigenvalue weighted by Crippen LogP contribution is -2.47. The summed E-state index contributed by atoms with van der Waals surface area (Å²) in [7, 11) is 0. The minimum Gasteiger partial charge on any atom is -0.353 e. The third kappa shape index (κ3) is 5.09. The number of aryl methyl sites for hydroxylation is 1. The molecule has 0 bridgehead atoms. The minimum absolute atomic E-state index is 0.0273. The number of carbonyl (C=O) groups excluding carboxylic acids is 2. The predicted octanol–water partition coefficient (Wildman–Crippen LogP) is 4.34. The molecule has 0 spiro atoms. The number of carbonyl (C=O) groups is 2. The van der Waals surface area contributed by atoms with E-state index in [9.17, 15) is 9.59 Å². The molecular formula is C24H31N3O2S. The number of hydrogen-bond donors (Lipinski definition) is 1. The van der Waals surface area contributed by atoms with E-state index in [1.807, 2.05) is 30.0 Å². The van der Waals surface area contributed by atoms with Gasteiger partial charge in [-0.2, -0.15) is 0 Å². The van der Waals surface area contributed by atoms with Gasteiger partial charge in [-0.05, 0) is 38.2 Å². The zero-order chi connectivity index (χ0) is 20.9. The standard InChI is InChI=1S/C24H31N3O2S/c1-17-22(30-21(25-17)15-18-9-4-2-5-10-18)24(29)27-14-8-11-19(16-27)23(28)26-20-12-6-3-7-13-20/h2,4-5,9-10,19-20H,3,6-8,11-16H2,1H3,(H,26,28). The molecule has 1 aliphatic heterocycles. The Bertz CT molecular complexity index is 874. The Morgan fingerprint density at radius 3 is 2.63 bits per heavy atom. The molecule has 2 aliphatic rings. The fourth-order valence-electron chi connectivity index (χ4n) is 4.58. The van der Waals surface area contributed by atoms with Crippen molar-refractivity contribution in [3.8, 4) is 0 Å². The third-order valence-electron chi connectivity index (χ3n) is 6.26. The monoisotopic (exact) mass is 425 g/mol. The second-order valence-electron chi connectivity index (χ2n) is 8.62. The van der Waals surface area contributed by atoms with E-state index in [1.165, 1.54) is 36.2 Å². The number of amides is 2. The molecule has 0 radical (unpaired) electrons. The molecule has 1 aromatic carbocycles. The number of thiazole rings is 1. The molecule has 1 unspecified atom stereocenters. The Hall–Kier alpha value is -2.21. The number of rotatable bonds is 5. The summed E-state index contributed by atoms with van der Waals surface area (Å²) in [6.07, 6.45) is 8.35. The molecule has 160 valence electrons. The highest BCUT2D eigenvalue weighted by atomic mass is 32.1. The molecule has 5 nitrogen and oxygen atoms in total. The maximum Gasteiger partial charge on any atom is 0.265 e. The van der Waals surface area contributed by atoms with Crippen molar-refractivity contribution in [2.75, 3.05) is 13.1 Å². The van der Waals surface area contributed by atoms with E-state index in [0.717, 1.165) is 49.4 Å². The first kappa shape index (κ1) is 21.0. The van der Waals surface area contributed by atoms with Crippen molar-refractivity contribution in [2.24, 2.45) is 5.92 Å². The normalized spacial score (nSPS) is 20.2. The van der Waals surface area contributed by atoms with Crippen LogP contribution in [0.3, 0.4) is 0 Å². The largest absolute Gasteiger partial charge is 0.353 e. The molecule has 2 fully saturated rings. The van der Waals surface area contributed by atoms with Crippen LogP contribution in [0.15, 0.2) is 30.3 Å². The van der Waals surface area contributed by atoms with E-state index in [4.69, 9.17) is 0 Å². The van der Waals surface area contributed by atoms with E-state index < -0.39 is 0 Å². The second kappa shape index (κ2) is 9.73. The van der Waals surface area contributed by atoms with Crippen molar-refractivity contribution < 1.29 is 9.59 Å². The van der Waals surface area contributed by atoms with Crippen LogP contribution in [-0.2, 0) is 11.2 Å². The number of likely N-dealkylation sites (tertiary alicyclic amines) is 1. The molecular weight excluding hydrogens is 394 g/mol. The summed E-state index contributed by atoms with van der Waals surface area (Å²) in [6, 6.07) is 10.5. The van der Waals surface area contributed by atoms with Gasteiger partial charge in [0.25, 0.3) is 5.91 Å². The summed E-state index contributed by atoms with van der Waals surface area (Å²) in [5, 5.41) is 4.21. The van der Waals surface area contributed by atoms with Crippen LogP contribution < -0.4 is 5.32 Å². The number of nitrogens with one attached hydrogen (secondary N) is 1. The van der Waals surface area contributed by atoms with Gasteiger partial charge in [0.05, 0.1) is 16.6 Å². The minimum atomic E-state index is -0.0957. The fraction of sp³-hybridized carbons (Fsp3) is 0.542. The number of nitrogens with zero attached hydrogens (tertiary/aromatic N) is 2. The van der Waals surface area contributed by atoms with Crippen LogP contribution in [-0.4, -0.2) is 40.8 Å². The molecule has 1 N–H and O–H groups in total. The van der Waals surface area contributed by atoms with Crippen LogP contribution in [0.25, 0.3) is 0 Å². The summed E-state index contributed by atoms with van der Waals surface area (Å²) in [5.41, 5.74) is 1.99. The lowest BCUT2D eigenvalue weighted by Gasteiger charge is -2.33. The van der Waals surface area contributed by atoms with Gasteiger partial charge in [-0.25, -0.2) is 4.98 Å². The van der Waals surface area contributed by atoms with Gasteiger partial charge in [0, 0.05) is 25.6 Å². The van der Waals surface area contributed by atoms with Gasteiger partial charge < -0.3 is 10.2 Å². The fourth-order valence-corrected chi connectivity index (χ4v) is 5.65. The van der Waals surface area contributed by atoms with Gasteiger partial charge in [0.2, 0.25) is 5.91 Å². The smallest absolute Gasteiger partial charge is 0.265 e. The lowest BCUT2D eigenvalue weighted by atomic mass is 9.93.